The fourth-order valence-corrected chi connectivity index (χ4v) is 5.02. The topological polar surface area (TPSA) is 46.6 Å². The van der Waals surface area contributed by atoms with E-state index in [9.17, 15) is 9.59 Å². The van der Waals surface area contributed by atoms with Gasteiger partial charge in [0.2, 0.25) is 0 Å². The maximum absolute atomic E-state index is 13.2. The smallest absolute Gasteiger partial charge is 0.354 e. The molecule has 1 atom stereocenters. The lowest BCUT2D eigenvalue weighted by Gasteiger charge is -2.45. The molecule has 0 bridgehead atoms. The van der Waals surface area contributed by atoms with E-state index in [2.05, 4.69) is 43.3 Å². The van der Waals surface area contributed by atoms with E-state index < -0.39 is 5.41 Å². The molecule has 1 unspecified atom stereocenters. The van der Waals surface area contributed by atoms with Crippen LogP contribution in [-0.4, -0.2) is 30.3 Å². The first-order valence-corrected chi connectivity index (χ1v) is 10.9. The van der Waals surface area contributed by atoms with Crippen LogP contribution in [-0.2, 0) is 19.7 Å². The van der Waals surface area contributed by atoms with Gasteiger partial charge in [-0.15, -0.1) is 0 Å². The lowest BCUT2D eigenvalue weighted by Crippen LogP contribution is -2.44. The molecular weight excluding hydrogens is 386 g/mol. The number of Topliss-reactive ketones (excluding diaryl/α,β-unsaturated/α-hetero) is 1. The quantitative estimate of drug-likeness (QED) is 0.627. The summed E-state index contributed by atoms with van der Waals surface area (Å²) < 4.78 is 5.39. The first-order chi connectivity index (χ1) is 14.9. The van der Waals surface area contributed by atoms with Gasteiger partial charge in [-0.3, -0.25) is 4.79 Å². The van der Waals surface area contributed by atoms with Crippen LogP contribution in [0, 0.1) is 0 Å². The molecule has 31 heavy (non-hydrogen) atoms. The Morgan fingerprint density at radius 3 is 2.32 bits per heavy atom. The van der Waals surface area contributed by atoms with E-state index in [-0.39, 0.29) is 11.8 Å². The molecule has 0 radical (unpaired) electrons. The van der Waals surface area contributed by atoms with Crippen molar-refractivity contribution in [1.29, 1.82) is 0 Å². The van der Waals surface area contributed by atoms with Crippen molar-refractivity contribution >= 4 is 11.8 Å². The van der Waals surface area contributed by atoms with Gasteiger partial charge in [0.15, 0.2) is 5.78 Å². The molecule has 0 spiro atoms. The summed E-state index contributed by atoms with van der Waals surface area (Å²) in [5, 5.41) is 0. The summed E-state index contributed by atoms with van der Waals surface area (Å²) in [5.74, 6) is -0.163. The second kappa shape index (κ2) is 8.18. The van der Waals surface area contributed by atoms with Gasteiger partial charge in [0.05, 0.1) is 6.61 Å². The van der Waals surface area contributed by atoms with Gasteiger partial charge >= 0.3 is 5.97 Å². The van der Waals surface area contributed by atoms with Crippen molar-refractivity contribution in [2.45, 2.75) is 45.4 Å². The van der Waals surface area contributed by atoms with Crippen molar-refractivity contribution in [1.82, 2.24) is 4.90 Å². The summed E-state index contributed by atoms with van der Waals surface area (Å²) in [6, 6.07) is 18.6. The molecule has 0 saturated carbocycles. The van der Waals surface area contributed by atoms with Crippen LogP contribution in [0.1, 0.15) is 45.6 Å². The standard InChI is InChI=1S/C27H29NO3/c1-5-31-26(30)25-18(2)27(3,24-22(28(25)4)12-9-13-23(24)29)21-16-14-20(15-17-21)19-10-7-6-8-11-19/h6-8,10-11,14-17H,5,9,12-13H2,1-4H3. The van der Waals surface area contributed by atoms with E-state index in [0.29, 0.717) is 18.7 Å². The Morgan fingerprint density at radius 2 is 1.68 bits per heavy atom. The van der Waals surface area contributed by atoms with Crippen molar-refractivity contribution < 1.29 is 14.3 Å². The lowest BCUT2D eigenvalue weighted by molar-refractivity contribution is -0.140. The number of benzene rings is 2. The van der Waals surface area contributed by atoms with Gasteiger partial charge < -0.3 is 9.64 Å². The van der Waals surface area contributed by atoms with E-state index in [1.165, 1.54) is 0 Å². The largest absolute Gasteiger partial charge is 0.461 e. The number of esters is 1. The summed E-state index contributed by atoms with van der Waals surface area (Å²) in [5.41, 5.74) is 5.78. The summed E-state index contributed by atoms with van der Waals surface area (Å²) in [6.07, 6.45) is 2.14. The van der Waals surface area contributed by atoms with Crippen LogP contribution in [0.25, 0.3) is 11.1 Å². The highest BCUT2D eigenvalue weighted by molar-refractivity contribution is 6.02. The maximum atomic E-state index is 13.2. The average molecular weight is 416 g/mol. The van der Waals surface area contributed by atoms with E-state index in [1.807, 2.05) is 44.0 Å². The first-order valence-electron chi connectivity index (χ1n) is 10.9. The molecule has 4 nitrogen and oxygen atoms in total. The lowest BCUT2D eigenvalue weighted by atomic mass is 9.64. The molecule has 1 heterocycles. The molecule has 2 aromatic carbocycles. The Morgan fingerprint density at radius 1 is 1.03 bits per heavy atom. The minimum Gasteiger partial charge on any atom is -0.461 e. The highest BCUT2D eigenvalue weighted by atomic mass is 16.5. The van der Waals surface area contributed by atoms with Crippen molar-refractivity contribution in [2.75, 3.05) is 13.7 Å². The number of hydrogen-bond donors (Lipinski definition) is 0. The number of ether oxygens (including phenoxy) is 1. The Hall–Kier alpha value is -3.14. The van der Waals surface area contributed by atoms with Gasteiger partial charge in [-0.2, -0.15) is 0 Å². The summed E-state index contributed by atoms with van der Waals surface area (Å²) in [4.78, 5) is 28.0. The molecule has 0 fully saturated rings. The Kier molecular flexibility index (Phi) is 5.57. The third-order valence-corrected chi connectivity index (χ3v) is 6.77. The number of carbonyl (C=O) groups excluding carboxylic acids is 2. The molecule has 2 aliphatic rings. The zero-order valence-corrected chi connectivity index (χ0v) is 18.7. The van der Waals surface area contributed by atoms with Crippen molar-refractivity contribution in [3.63, 3.8) is 0 Å². The second-order valence-corrected chi connectivity index (χ2v) is 8.42. The predicted octanol–water partition coefficient (Wildman–Crippen LogP) is 5.40. The summed E-state index contributed by atoms with van der Waals surface area (Å²) >= 11 is 0. The van der Waals surface area contributed by atoms with Gasteiger partial charge in [0.25, 0.3) is 0 Å². The van der Waals surface area contributed by atoms with Crippen LogP contribution in [0.3, 0.4) is 0 Å². The Balaban J connectivity index is 1.88. The third-order valence-electron chi connectivity index (χ3n) is 6.77. The van der Waals surface area contributed by atoms with Crippen LogP contribution < -0.4 is 0 Å². The number of rotatable bonds is 4. The van der Waals surface area contributed by atoms with Crippen LogP contribution in [0.4, 0.5) is 0 Å². The van der Waals surface area contributed by atoms with E-state index in [4.69, 9.17) is 4.74 Å². The number of hydrogen-bond acceptors (Lipinski definition) is 4. The third kappa shape index (κ3) is 3.40. The molecule has 0 aromatic heterocycles. The molecule has 0 amide bonds. The van der Waals surface area contributed by atoms with E-state index in [1.54, 1.807) is 0 Å². The van der Waals surface area contributed by atoms with Crippen LogP contribution in [0.15, 0.2) is 77.1 Å². The zero-order chi connectivity index (χ0) is 22.2. The molecule has 160 valence electrons. The first kappa shape index (κ1) is 21.1. The van der Waals surface area contributed by atoms with Gasteiger partial charge in [-0.05, 0) is 55.9 Å². The minimum absolute atomic E-state index is 0.171. The number of ketones is 1. The molecule has 1 aliphatic heterocycles. The van der Waals surface area contributed by atoms with Crippen LogP contribution >= 0.6 is 0 Å². The van der Waals surface area contributed by atoms with Gasteiger partial charge in [-0.1, -0.05) is 54.6 Å². The minimum atomic E-state index is -0.670. The summed E-state index contributed by atoms with van der Waals surface area (Å²) in [6.45, 7) is 6.16. The second-order valence-electron chi connectivity index (χ2n) is 8.42. The highest BCUT2D eigenvalue weighted by Gasteiger charge is 2.47. The van der Waals surface area contributed by atoms with Gasteiger partial charge in [-0.25, -0.2) is 4.79 Å². The molecule has 4 heteroatoms. The van der Waals surface area contributed by atoms with Crippen LogP contribution in [0.5, 0.6) is 0 Å². The average Bonchev–Trinajstić information content (AvgIpc) is 2.78. The van der Waals surface area contributed by atoms with Crippen LogP contribution in [0.2, 0.25) is 0 Å². The number of carbonyl (C=O) groups is 2. The monoisotopic (exact) mass is 415 g/mol. The van der Waals surface area contributed by atoms with Crippen molar-refractivity contribution in [3.8, 4) is 11.1 Å². The predicted molar refractivity (Wildman–Crippen MR) is 122 cm³/mol. The molecule has 1 aliphatic carbocycles. The maximum Gasteiger partial charge on any atom is 0.354 e. The molecule has 0 saturated heterocycles. The number of nitrogens with zero attached hydrogens (tertiary/aromatic N) is 1. The molecule has 2 aromatic rings. The Bertz CT molecular complexity index is 1080. The fourth-order valence-electron chi connectivity index (χ4n) is 5.02. The van der Waals surface area contributed by atoms with Gasteiger partial charge in [0.1, 0.15) is 5.70 Å². The molecular formula is C27H29NO3. The number of likely N-dealkylation sites (N-methyl/N-ethyl adjacent to an activating group) is 1. The normalized spacial score (nSPS) is 21.3. The van der Waals surface area contributed by atoms with Gasteiger partial charge in [0, 0.05) is 30.2 Å². The highest BCUT2D eigenvalue weighted by Crippen LogP contribution is 2.49. The fraction of sp³-hybridized carbons (Fsp3) is 0.333. The zero-order valence-electron chi connectivity index (χ0n) is 18.7. The summed E-state index contributed by atoms with van der Waals surface area (Å²) in [7, 11) is 1.88. The molecule has 4 rings (SSSR count). The number of allylic oxidation sites excluding steroid dienone is 3. The Labute approximate surface area is 184 Å². The van der Waals surface area contributed by atoms with E-state index in [0.717, 1.165) is 46.4 Å². The molecule has 0 N–H and O–H groups in total. The van der Waals surface area contributed by atoms with E-state index >= 15 is 0 Å². The van der Waals surface area contributed by atoms with Crippen molar-refractivity contribution in [3.05, 3.63) is 82.7 Å². The SMILES string of the molecule is CCOC(=O)C1=C(C)C(C)(c2ccc(-c3ccccc3)cc2)C2=C(CCCC2=O)N1C. The van der Waals surface area contributed by atoms with Crippen molar-refractivity contribution in [2.24, 2.45) is 0 Å².